The topological polar surface area (TPSA) is 20.2 Å². The summed E-state index contributed by atoms with van der Waals surface area (Å²) in [6, 6.07) is 3.64. The molecule has 0 aliphatic carbocycles. The Morgan fingerprint density at radius 2 is 0.553 bits per heavy atom. The molecule has 0 unspecified atom stereocenters. The van der Waals surface area contributed by atoms with E-state index in [0.717, 1.165) is 12.8 Å². The van der Waals surface area contributed by atoms with Crippen molar-refractivity contribution in [2.45, 2.75) is 259 Å². The zero-order valence-electron chi connectivity index (χ0n) is 32.9. The lowest BCUT2D eigenvalue weighted by Gasteiger charge is -2.21. The van der Waals surface area contributed by atoms with Gasteiger partial charge in [0.1, 0.15) is 5.75 Å². The first-order chi connectivity index (χ1) is 23.2. The van der Waals surface area contributed by atoms with Crippen molar-refractivity contribution in [3.05, 3.63) is 28.3 Å². The lowest BCUT2D eigenvalue weighted by molar-refractivity contribution is 0.460. The number of unbranched alkanes of at least 4 members (excludes halogenated alkanes) is 28. The molecule has 0 heterocycles. The van der Waals surface area contributed by atoms with E-state index < -0.39 is 0 Å². The molecule has 0 aliphatic heterocycles. The number of aryl methyl sites for hydroxylation is 1. The standard InChI is InChI=1S/C46H85O/c1-5-9-13-17-21-25-29-33-37-42-41-46(47)45(40-36-32-28-24-20-16-12-8-4)44(39-35-31-27-23-19-15-11-7-3)43(42)38-34-30-26-22-18-14-10-6-2/h47H,5-40H2,1-4H3. The maximum absolute atomic E-state index is 11.5. The van der Waals surface area contributed by atoms with Gasteiger partial charge in [0, 0.05) is 6.07 Å². The van der Waals surface area contributed by atoms with Gasteiger partial charge in [-0.05, 0) is 73.6 Å². The molecule has 275 valence electrons. The summed E-state index contributed by atoms with van der Waals surface area (Å²) in [7, 11) is 0. The third-order valence-electron chi connectivity index (χ3n) is 10.8. The highest BCUT2D eigenvalue weighted by atomic mass is 16.3. The molecular formula is C46H85O. The molecule has 0 atom stereocenters. The molecule has 0 amide bonds. The van der Waals surface area contributed by atoms with Crippen LogP contribution in [-0.2, 0) is 25.7 Å². The van der Waals surface area contributed by atoms with Crippen molar-refractivity contribution in [1.29, 1.82) is 0 Å². The second-order valence-corrected chi connectivity index (χ2v) is 15.3. The Balaban J connectivity index is 2.96. The molecule has 0 bridgehead atoms. The Kier molecular flexibility index (Phi) is 31.4. The SMILES string of the molecule is CCCCCCCCCCc1[c]c(O)c(CCCCCCCCCC)c(CCCCCCCCCC)c1CCCCCCCCCC. The van der Waals surface area contributed by atoms with Crippen molar-refractivity contribution in [3.63, 3.8) is 0 Å². The first-order valence-corrected chi connectivity index (χ1v) is 22.0. The van der Waals surface area contributed by atoms with Gasteiger partial charge in [0.05, 0.1) is 0 Å². The van der Waals surface area contributed by atoms with Crippen LogP contribution < -0.4 is 0 Å². The second-order valence-electron chi connectivity index (χ2n) is 15.3. The van der Waals surface area contributed by atoms with Crippen LogP contribution in [0.5, 0.6) is 5.75 Å². The Labute approximate surface area is 297 Å². The summed E-state index contributed by atoms with van der Waals surface area (Å²) >= 11 is 0. The van der Waals surface area contributed by atoms with Crippen LogP contribution in [0.2, 0.25) is 0 Å². The van der Waals surface area contributed by atoms with Crippen LogP contribution in [-0.4, -0.2) is 5.11 Å². The molecule has 1 radical (unpaired) electrons. The van der Waals surface area contributed by atoms with Crippen LogP contribution in [0.1, 0.15) is 255 Å². The summed E-state index contributed by atoms with van der Waals surface area (Å²) in [6.07, 6.45) is 48.1. The summed E-state index contributed by atoms with van der Waals surface area (Å²) < 4.78 is 0. The van der Waals surface area contributed by atoms with Crippen molar-refractivity contribution in [2.75, 3.05) is 0 Å². The molecule has 0 aromatic heterocycles. The molecule has 0 aliphatic rings. The van der Waals surface area contributed by atoms with Gasteiger partial charge in [-0.25, -0.2) is 0 Å². The molecule has 1 heteroatoms. The van der Waals surface area contributed by atoms with Gasteiger partial charge in [-0.1, -0.05) is 207 Å². The highest BCUT2D eigenvalue weighted by molar-refractivity contribution is 5.49. The van der Waals surface area contributed by atoms with E-state index in [1.165, 1.54) is 229 Å². The van der Waals surface area contributed by atoms with Crippen LogP contribution in [0.3, 0.4) is 0 Å². The van der Waals surface area contributed by atoms with E-state index in [0.29, 0.717) is 5.75 Å². The van der Waals surface area contributed by atoms with E-state index in [-0.39, 0.29) is 0 Å². The molecular weight excluding hydrogens is 569 g/mol. The van der Waals surface area contributed by atoms with E-state index in [1.807, 2.05) is 0 Å². The predicted octanol–water partition coefficient (Wildman–Crippen LogP) is 15.9. The molecule has 0 fully saturated rings. The van der Waals surface area contributed by atoms with Crippen LogP contribution in [0, 0.1) is 6.07 Å². The zero-order chi connectivity index (χ0) is 34.0. The van der Waals surface area contributed by atoms with E-state index in [2.05, 4.69) is 33.8 Å². The number of hydrogen-bond donors (Lipinski definition) is 1. The Morgan fingerprint density at radius 3 is 0.894 bits per heavy atom. The molecule has 0 saturated heterocycles. The van der Waals surface area contributed by atoms with Gasteiger partial charge in [0.15, 0.2) is 0 Å². The van der Waals surface area contributed by atoms with Crippen LogP contribution in [0.15, 0.2) is 0 Å². The molecule has 1 N–H and O–H groups in total. The summed E-state index contributed by atoms with van der Waals surface area (Å²) in [5.74, 6) is 0.511. The minimum absolute atomic E-state index is 0.511. The number of aromatic hydroxyl groups is 1. The maximum atomic E-state index is 11.5. The Morgan fingerprint density at radius 1 is 0.298 bits per heavy atom. The number of phenolic OH excluding ortho intramolecular Hbond substituents is 1. The van der Waals surface area contributed by atoms with E-state index in [4.69, 9.17) is 0 Å². The molecule has 0 saturated carbocycles. The number of benzene rings is 1. The lowest BCUT2D eigenvalue weighted by atomic mass is 9.85. The normalized spacial score (nSPS) is 11.6. The van der Waals surface area contributed by atoms with Crippen molar-refractivity contribution < 1.29 is 5.11 Å². The fourth-order valence-electron chi connectivity index (χ4n) is 7.63. The highest BCUT2D eigenvalue weighted by Gasteiger charge is 2.18. The Bertz CT molecular complexity index is 795. The van der Waals surface area contributed by atoms with Crippen molar-refractivity contribution >= 4 is 0 Å². The molecule has 0 spiro atoms. The summed E-state index contributed by atoms with van der Waals surface area (Å²) in [4.78, 5) is 0. The number of hydrogen-bond acceptors (Lipinski definition) is 1. The monoisotopic (exact) mass is 654 g/mol. The lowest BCUT2D eigenvalue weighted by Crippen LogP contribution is -2.07. The first kappa shape index (κ1) is 44.0. The zero-order valence-corrected chi connectivity index (χ0v) is 32.9. The quantitative estimate of drug-likeness (QED) is 0.0715. The van der Waals surface area contributed by atoms with Crippen molar-refractivity contribution in [3.8, 4) is 5.75 Å². The summed E-state index contributed by atoms with van der Waals surface area (Å²) in [5, 5.41) is 11.5. The van der Waals surface area contributed by atoms with Gasteiger partial charge >= 0.3 is 0 Å². The van der Waals surface area contributed by atoms with Gasteiger partial charge in [-0.2, -0.15) is 0 Å². The average Bonchev–Trinajstić information content (AvgIpc) is 3.07. The number of rotatable bonds is 36. The third-order valence-corrected chi connectivity index (χ3v) is 10.8. The summed E-state index contributed by atoms with van der Waals surface area (Å²) in [5.41, 5.74) is 5.85. The smallest absolute Gasteiger partial charge is 0.127 e. The molecule has 1 nitrogen and oxygen atoms in total. The maximum Gasteiger partial charge on any atom is 0.127 e. The largest absolute Gasteiger partial charge is 0.507 e. The fraction of sp³-hybridized carbons (Fsp3) is 0.870. The molecule has 1 rings (SSSR count). The van der Waals surface area contributed by atoms with Crippen LogP contribution in [0.25, 0.3) is 0 Å². The van der Waals surface area contributed by atoms with Gasteiger partial charge < -0.3 is 5.11 Å². The van der Waals surface area contributed by atoms with Gasteiger partial charge in [0.25, 0.3) is 0 Å². The van der Waals surface area contributed by atoms with Crippen LogP contribution >= 0.6 is 0 Å². The molecule has 47 heavy (non-hydrogen) atoms. The average molecular weight is 654 g/mol. The minimum atomic E-state index is 0.511. The van der Waals surface area contributed by atoms with Crippen molar-refractivity contribution in [1.82, 2.24) is 0 Å². The van der Waals surface area contributed by atoms with Crippen LogP contribution in [0.4, 0.5) is 0 Å². The second kappa shape index (κ2) is 33.5. The molecule has 1 aromatic rings. The number of phenols is 1. The molecule has 1 aromatic carbocycles. The van der Waals surface area contributed by atoms with E-state index in [9.17, 15) is 5.11 Å². The highest BCUT2D eigenvalue weighted by Crippen LogP contribution is 2.33. The van der Waals surface area contributed by atoms with E-state index >= 15 is 0 Å². The van der Waals surface area contributed by atoms with E-state index in [1.54, 1.807) is 11.1 Å². The van der Waals surface area contributed by atoms with Gasteiger partial charge in [0.2, 0.25) is 0 Å². The minimum Gasteiger partial charge on any atom is -0.507 e. The van der Waals surface area contributed by atoms with Gasteiger partial charge in [-0.3, -0.25) is 0 Å². The fourth-order valence-corrected chi connectivity index (χ4v) is 7.63. The van der Waals surface area contributed by atoms with Gasteiger partial charge in [-0.15, -0.1) is 0 Å². The third kappa shape index (κ3) is 23.9. The first-order valence-electron chi connectivity index (χ1n) is 22.0. The van der Waals surface area contributed by atoms with Crippen molar-refractivity contribution in [2.24, 2.45) is 0 Å². The predicted molar refractivity (Wildman–Crippen MR) is 212 cm³/mol. The Hall–Kier alpha value is -0.980. The summed E-state index contributed by atoms with van der Waals surface area (Å²) in [6.45, 7) is 9.24.